The zero-order valence-corrected chi connectivity index (χ0v) is 18.4. The Balaban J connectivity index is 2.17. The van der Waals surface area contributed by atoms with Crippen LogP contribution in [0.3, 0.4) is 0 Å². The Kier molecular flexibility index (Phi) is 9.60. The molecule has 2 nitrogen and oxygen atoms in total. The van der Waals surface area contributed by atoms with Crippen LogP contribution in [0.25, 0.3) is 11.1 Å². The summed E-state index contributed by atoms with van der Waals surface area (Å²) in [4.78, 5) is 11.6. The second-order valence-electron chi connectivity index (χ2n) is 8.28. The summed E-state index contributed by atoms with van der Waals surface area (Å²) in [6, 6.07) is 14.5. The molecule has 0 aliphatic carbocycles. The monoisotopic (exact) mass is 434 g/mol. The van der Waals surface area contributed by atoms with E-state index in [1.165, 1.54) is 17.7 Å². The Labute approximate surface area is 183 Å². The van der Waals surface area contributed by atoms with Gasteiger partial charge < -0.3 is 5.11 Å². The van der Waals surface area contributed by atoms with Crippen LogP contribution in [0, 0.1) is 5.92 Å². The van der Waals surface area contributed by atoms with Crippen molar-refractivity contribution >= 4 is 5.97 Å². The first-order valence-corrected chi connectivity index (χ1v) is 11.2. The van der Waals surface area contributed by atoms with E-state index in [4.69, 9.17) is 0 Å². The van der Waals surface area contributed by atoms with Gasteiger partial charge in [0, 0.05) is 0 Å². The van der Waals surface area contributed by atoms with Crippen molar-refractivity contribution in [3.8, 4) is 11.1 Å². The maximum Gasteiger partial charge on any atom is 0.395 e. The lowest BCUT2D eigenvalue weighted by Gasteiger charge is -2.24. The van der Waals surface area contributed by atoms with Gasteiger partial charge in [0.1, 0.15) is 0 Å². The molecule has 1 N–H and O–H groups in total. The Morgan fingerprint density at radius 3 is 1.90 bits per heavy atom. The van der Waals surface area contributed by atoms with Crippen LogP contribution in [0.4, 0.5) is 13.2 Å². The number of carbonyl (C=O) groups is 1. The molecule has 2 rings (SSSR count). The Bertz CT molecular complexity index is 795. The number of halogens is 3. The molecule has 0 saturated carbocycles. The summed E-state index contributed by atoms with van der Waals surface area (Å²) in [5.41, 5.74) is 3.18. The maximum atomic E-state index is 13.8. The number of unbranched alkanes of at least 4 members (excludes halogenated alkanes) is 3. The molecular formula is C26H33F3O2. The predicted molar refractivity (Wildman–Crippen MR) is 119 cm³/mol. The molecule has 2 aromatic rings. The van der Waals surface area contributed by atoms with Gasteiger partial charge >= 0.3 is 12.1 Å². The summed E-state index contributed by atoms with van der Waals surface area (Å²) in [5.74, 6) is -3.92. The minimum atomic E-state index is -4.49. The fourth-order valence-corrected chi connectivity index (χ4v) is 3.88. The molecule has 0 fully saturated rings. The first-order chi connectivity index (χ1) is 14.8. The van der Waals surface area contributed by atoms with E-state index in [0.29, 0.717) is 6.42 Å². The van der Waals surface area contributed by atoms with Crippen molar-refractivity contribution in [3.63, 3.8) is 0 Å². The zero-order chi connectivity index (χ0) is 22.9. The van der Waals surface area contributed by atoms with E-state index in [-0.39, 0.29) is 12.0 Å². The van der Waals surface area contributed by atoms with Gasteiger partial charge in [-0.2, -0.15) is 13.2 Å². The Hall–Kier alpha value is -2.30. The highest BCUT2D eigenvalue weighted by Crippen LogP contribution is 2.41. The van der Waals surface area contributed by atoms with Crippen molar-refractivity contribution in [1.82, 2.24) is 0 Å². The fraction of sp³-hybridized carbons (Fsp3) is 0.500. The molecule has 0 heterocycles. The van der Waals surface area contributed by atoms with Crippen molar-refractivity contribution in [2.24, 2.45) is 5.92 Å². The van der Waals surface area contributed by atoms with Crippen LogP contribution < -0.4 is 0 Å². The average molecular weight is 435 g/mol. The molecule has 0 aliphatic heterocycles. The van der Waals surface area contributed by atoms with Gasteiger partial charge in [-0.1, -0.05) is 88.1 Å². The van der Waals surface area contributed by atoms with Gasteiger partial charge in [0.15, 0.2) is 0 Å². The molecule has 0 radical (unpaired) electrons. The van der Waals surface area contributed by atoms with Crippen LogP contribution in [0.15, 0.2) is 48.5 Å². The number of aliphatic carboxylic acids is 1. The third-order valence-corrected chi connectivity index (χ3v) is 5.84. The van der Waals surface area contributed by atoms with Crippen molar-refractivity contribution < 1.29 is 23.1 Å². The van der Waals surface area contributed by atoms with Gasteiger partial charge in [-0.05, 0) is 47.9 Å². The largest absolute Gasteiger partial charge is 0.481 e. The van der Waals surface area contributed by atoms with E-state index >= 15 is 0 Å². The van der Waals surface area contributed by atoms with Crippen molar-refractivity contribution in [2.75, 3.05) is 0 Å². The minimum absolute atomic E-state index is 0.123. The highest BCUT2D eigenvalue weighted by molar-refractivity contribution is 5.70. The Morgan fingerprint density at radius 1 is 0.871 bits per heavy atom. The smallest absolute Gasteiger partial charge is 0.395 e. The molecule has 2 aromatic carbocycles. The van der Waals surface area contributed by atoms with E-state index in [9.17, 15) is 23.1 Å². The van der Waals surface area contributed by atoms with Crippen LogP contribution >= 0.6 is 0 Å². The molecule has 31 heavy (non-hydrogen) atoms. The molecule has 0 saturated heterocycles. The van der Waals surface area contributed by atoms with E-state index in [1.807, 2.05) is 19.1 Å². The lowest BCUT2D eigenvalue weighted by atomic mass is 9.85. The van der Waals surface area contributed by atoms with Gasteiger partial charge in [0.05, 0.1) is 11.8 Å². The van der Waals surface area contributed by atoms with Crippen LogP contribution in [-0.4, -0.2) is 17.3 Å². The van der Waals surface area contributed by atoms with Crippen LogP contribution in [-0.2, 0) is 11.2 Å². The molecule has 5 heteroatoms. The molecular weight excluding hydrogens is 401 g/mol. The summed E-state index contributed by atoms with van der Waals surface area (Å²) in [7, 11) is 0. The normalized spacial score (nSPS) is 13.7. The van der Waals surface area contributed by atoms with Crippen molar-refractivity contribution in [2.45, 2.75) is 77.3 Å². The van der Waals surface area contributed by atoms with Crippen molar-refractivity contribution in [3.05, 3.63) is 59.7 Å². The molecule has 0 amide bonds. The molecule has 1 unspecified atom stereocenters. The SMILES string of the molecule is CCCCC[C@H](CC(c1ccc(-c2ccc(CCCC)cc2)cc1)C(F)(F)F)C(=O)O. The van der Waals surface area contributed by atoms with Crippen LogP contribution in [0.1, 0.15) is 75.8 Å². The number of alkyl halides is 3. The quantitative estimate of drug-likeness (QED) is 0.344. The summed E-state index contributed by atoms with van der Waals surface area (Å²) in [6.07, 6.45) is 1.00. The third-order valence-electron chi connectivity index (χ3n) is 5.84. The molecule has 0 spiro atoms. The van der Waals surface area contributed by atoms with Gasteiger partial charge in [-0.15, -0.1) is 0 Å². The number of carboxylic acids is 1. The lowest BCUT2D eigenvalue weighted by molar-refractivity contribution is -0.159. The topological polar surface area (TPSA) is 37.3 Å². The number of aryl methyl sites for hydroxylation is 1. The number of rotatable bonds is 12. The summed E-state index contributed by atoms with van der Waals surface area (Å²) in [5, 5.41) is 9.44. The average Bonchev–Trinajstić information content (AvgIpc) is 2.74. The van der Waals surface area contributed by atoms with E-state index in [0.717, 1.165) is 43.2 Å². The Morgan fingerprint density at radius 2 is 1.42 bits per heavy atom. The maximum absolute atomic E-state index is 13.8. The van der Waals surface area contributed by atoms with Gasteiger partial charge in [-0.25, -0.2) is 0 Å². The number of hydrogen-bond donors (Lipinski definition) is 1. The van der Waals surface area contributed by atoms with E-state index in [1.54, 1.807) is 12.1 Å². The van der Waals surface area contributed by atoms with Gasteiger partial charge in [0.25, 0.3) is 0 Å². The van der Waals surface area contributed by atoms with E-state index in [2.05, 4.69) is 19.1 Å². The summed E-state index contributed by atoms with van der Waals surface area (Å²) >= 11 is 0. The highest BCUT2D eigenvalue weighted by atomic mass is 19.4. The van der Waals surface area contributed by atoms with Crippen LogP contribution in [0.5, 0.6) is 0 Å². The summed E-state index contributed by atoms with van der Waals surface area (Å²) in [6.45, 7) is 4.13. The molecule has 0 aliphatic rings. The molecule has 2 atom stereocenters. The zero-order valence-electron chi connectivity index (χ0n) is 18.4. The predicted octanol–water partition coefficient (Wildman–Crippen LogP) is 8.01. The number of benzene rings is 2. The first-order valence-electron chi connectivity index (χ1n) is 11.2. The van der Waals surface area contributed by atoms with Crippen molar-refractivity contribution in [1.29, 1.82) is 0 Å². The molecule has 0 bridgehead atoms. The second-order valence-corrected chi connectivity index (χ2v) is 8.28. The van der Waals surface area contributed by atoms with Crippen LogP contribution in [0.2, 0.25) is 0 Å². The minimum Gasteiger partial charge on any atom is -0.481 e. The number of hydrogen-bond acceptors (Lipinski definition) is 1. The van der Waals surface area contributed by atoms with Gasteiger partial charge in [0.2, 0.25) is 0 Å². The van der Waals surface area contributed by atoms with E-state index < -0.39 is 30.4 Å². The lowest BCUT2D eigenvalue weighted by Crippen LogP contribution is -2.26. The number of carboxylic acid groups (broad SMARTS) is 1. The summed E-state index contributed by atoms with van der Waals surface area (Å²) < 4.78 is 41.4. The third kappa shape index (κ3) is 7.71. The van der Waals surface area contributed by atoms with Gasteiger partial charge in [-0.3, -0.25) is 4.79 Å². The molecule has 170 valence electrons. The highest BCUT2D eigenvalue weighted by Gasteiger charge is 2.42. The standard InChI is InChI=1S/C26H33F3O2/c1-3-5-7-9-23(25(30)31)18-24(26(27,28)29)22-16-14-21(15-17-22)20-12-10-19(11-13-20)8-6-4-2/h10-17,23-24H,3-9,18H2,1-2H3,(H,30,31)/t23-,24?/m1/s1. The second kappa shape index (κ2) is 11.9. The first kappa shape index (κ1) is 25.0. The fourth-order valence-electron chi connectivity index (χ4n) is 3.88. The molecule has 0 aromatic heterocycles.